The number of aromatic nitrogens is 4. The van der Waals surface area contributed by atoms with Crippen LogP contribution in [0.5, 0.6) is 0 Å². The zero-order valence-electron chi connectivity index (χ0n) is 13.4. The number of anilines is 1. The number of halogens is 1. The van der Waals surface area contributed by atoms with Gasteiger partial charge in [0.25, 0.3) is 5.56 Å². The van der Waals surface area contributed by atoms with Crippen molar-refractivity contribution in [3.63, 3.8) is 0 Å². The summed E-state index contributed by atoms with van der Waals surface area (Å²) in [7, 11) is 0. The molecule has 0 saturated carbocycles. The maximum Gasteiger partial charge on any atom is 0.272 e. The van der Waals surface area contributed by atoms with Crippen LogP contribution >= 0.6 is 0 Å². The Kier molecular flexibility index (Phi) is 2.88. The van der Waals surface area contributed by atoms with Gasteiger partial charge in [-0.3, -0.25) is 14.9 Å². The lowest BCUT2D eigenvalue weighted by Crippen LogP contribution is -2.14. The molecular formula is C19H12FN5O. The molecular weight excluding hydrogens is 333 g/mol. The van der Waals surface area contributed by atoms with Gasteiger partial charge < -0.3 is 10.7 Å². The number of H-pyrrole nitrogens is 2. The van der Waals surface area contributed by atoms with Crippen molar-refractivity contribution in [2.75, 3.05) is 5.73 Å². The molecule has 5 aromatic rings. The number of nitrogen functional groups attached to an aromatic ring is 1. The number of nitrogens with zero attached hydrogens (tertiary/aromatic N) is 2. The minimum atomic E-state index is -0.419. The molecule has 3 aromatic heterocycles. The number of hydrogen-bond donors (Lipinski definition) is 3. The van der Waals surface area contributed by atoms with Crippen LogP contribution in [0.1, 0.15) is 0 Å². The number of para-hydroxylation sites is 1. The van der Waals surface area contributed by atoms with Crippen molar-refractivity contribution in [2.45, 2.75) is 0 Å². The van der Waals surface area contributed by atoms with E-state index in [9.17, 15) is 9.18 Å². The summed E-state index contributed by atoms with van der Waals surface area (Å²) in [6.07, 6.45) is 3.20. The fourth-order valence-electron chi connectivity index (χ4n) is 3.42. The van der Waals surface area contributed by atoms with Crippen LogP contribution in [-0.2, 0) is 0 Å². The van der Waals surface area contributed by atoms with Crippen LogP contribution in [0, 0.1) is 5.82 Å². The van der Waals surface area contributed by atoms with Gasteiger partial charge in [0, 0.05) is 27.9 Å². The third-order valence-corrected chi connectivity index (χ3v) is 4.63. The molecule has 7 heteroatoms. The predicted molar refractivity (Wildman–Crippen MR) is 99.3 cm³/mol. The maximum absolute atomic E-state index is 14.0. The second-order valence-corrected chi connectivity index (χ2v) is 6.06. The van der Waals surface area contributed by atoms with Crippen molar-refractivity contribution >= 4 is 38.4 Å². The number of fused-ring (bicyclic) bond motifs is 4. The molecule has 0 atom stereocenters. The van der Waals surface area contributed by atoms with Crippen molar-refractivity contribution in [1.29, 1.82) is 0 Å². The van der Waals surface area contributed by atoms with E-state index in [0.29, 0.717) is 27.4 Å². The van der Waals surface area contributed by atoms with Gasteiger partial charge in [0.05, 0.1) is 17.2 Å². The predicted octanol–water partition coefficient (Wildman–Crippen LogP) is 3.34. The second-order valence-electron chi connectivity index (χ2n) is 6.06. The van der Waals surface area contributed by atoms with E-state index in [2.05, 4.69) is 20.2 Å². The summed E-state index contributed by atoms with van der Waals surface area (Å²) in [6.45, 7) is 0. The number of pyridine rings is 2. The lowest BCUT2D eigenvalue weighted by Gasteiger charge is -2.12. The van der Waals surface area contributed by atoms with E-state index in [0.717, 1.165) is 10.9 Å². The van der Waals surface area contributed by atoms with E-state index < -0.39 is 11.4 Å². The van der Waals surface area contributed by atoms with Crippen LogP contribution in [0.25, 0.3) is 43.8 Å². The zero-order chi connectivity index (χ0) is 17.8. The average Bonchev–Trinajstić information content (AvgIpc) is 3.15. The normalized spacial score (nSPS) is 11.6. The third-order valence-electron chi connectivity index (χ3n) is 4.63. The van der Waals surface area contributed by atoms with Gasteiger partial charge in [0.15, 0.2) is 0 Å². The highest BCUT2D eigenvalue weighted by atomic mass is 19.1. The molecule has 0 unspecified atom stereocenters. The number of hydrogen-bond acceptors (Lipinski definition) is 4. The summed E-state index contributed by atoms with van der Waals surface area (Å²) in [5.41, 5.74) is 8.61. The Labute approximate surface area is 145 Å². The van der Waals surface area contributed by atoms with Crippen LogP contribution in [-0.4, -0.2) is 20.2 Å². The first kappa shape index (κ1) is 14.6. The molecule has 0 aliphatic carbocycles. The number of nitrogens with two attached hydrogens (primary N) is 1. The summed E-state index contributed by atoms with van der Waals surface area (Å²) in [5.74, 6) is -0.419. The Morgan fingerprint density at radius 3 is 2.69 bits per heavy atom. The second kappa shape index (κ2) is 5.13. The van der Waals surface area contributed by atoms with Crippen LogP contribution in [0.2, 0.25) is 0 Å². The Balaban J connectivity index is 2.01. The highest BCUT2D eigenvalue weighted by molar-refractivity contribution is 6.13. The fraction of sp³-hybridized carbons (Fsp3) is 0. The van der Waals surface area contributed by atoms with Gasteiger partial charge in [0.1, 0.15) is 17.0 Å². The largest absolute Gasteiger partial charge is 0.394 e. The zero-order valence-corrected chi connectivity index (χ0v) is 13.4. The smallest absolute Gasteiger partial charge is 0.272 e. The fourth-order valence-corrected chi connectivity index (χ4v) is 3.42. The lowest BCUT2D eigenvalue weighted by atomic mass is 9.96. The summed E-state index contributed by atoms with van der Waals surface area (Å²) in [4.78, 5) is 19.8. The summed E-state index contributed by atoms with van der Waals surface area (Å²) >= 11 is 0. The first-order chi connectivity index (χ1) is 12.6. The van der Waals surface area contributed by atoms with Crippen molar-refractivity contribution in [2.24, 2.45) is 0 Å². The number of rotatable bonds is 1. The molecule has 6 nitrogen and oxygen atoms in total. The van der Waals surface area contributed by atoms with Crippen molar-refractivity contribution < 1.29 is 4.39 Å². The minimum absolute atomic E-state index is 0.0590. The monoisotopic (exact) mass is 345 g/mol. The molecule has 0 saturated heterocycles. The van der Waals surface area contributed by atoms with E-state index in [1.165, 1.54) is 12.3 Å². The molecule has 0 spiro atoms. The van der Waals surface area contributed by atoms with Crippen LogP contribution < -0.4 is 11.3 Å². The SMILES string of the molecule is Nc1c(-c2ccc(F)c3[nH]ncc23)c2cnc3ccccc3c2[nH]c1=O. The quantitative estimate of drug-likeness (QED) is 0.406. The molecule has 0 radical (unpaired) electrons. The molecule has 0 bridgehead atoms. The first-order valence-electron chi connectivity index (χ1n) is 7.96. The average molecular weight is 345 g/mol. The molecule has 0 aliphatic heterocycles. The van der Waals surface area contributed by atoms with E-state index in [-0.39, 0.29) is 11.2 Å². The van der Waals surface area contributed by atoms with Gasteiger partial charge in [-0.15, -0.1) is 0 Å². The Morgan fingerprint density at radius 1 is 0.962 bits per heavy atom. The Morgan fingerprint density at radius 2 is 1.81 bits per heavy atom. The summed E-state index contributed by atoms with van der Waals surface area (Å²) in [5, 5.41) is 8.62. The molecule has 0 amide bonds. The number of benzene rings is 2. The van der Waals surface area contributed by atoms with Gasteiger partial charge in [-0.05, 0) is 17.7 Å². The highest BCUT2D eigenvalue weighted by Gasteiger charge is 2.18. The van der Waals surface area contributed by atoms with E-state index >= 15 is 0 Å². The molecule has 0 aliphatic rings. The van der Waals surface area contributed by atoms with Crippen molar-refractivity contribution in [1.82, 2.24) is 20.2 Å². The summed E-state index contributed by atoms with van der Waals surface area (Å²) < 4.78 is 14.0. The van der Waals surface area contributed by atoms with Gasteiger partial charge in [0.2, 0.25) is 0 Å². The molecule has 2 aromatic carbocycles. The minimum Gasteiger partial charge on any atom is -0.394 e. The van der Waals surface area contributed by atoms with Crippen LogP contribution in [0.3, 0.4) is 0 Å². The van der Waals surface area contributed by atoms with E-state index in [1.807, 2.05) is 24.3 Å². The van der Waals surface area contributed by atoms with E-state index in [1.54, 1.807) is 12.3 Å². The molecule has 3 heterocycles. The third kappa shape index (κ3) is 1.88. The van der Waals surface area contributed by atoms with E-state index in [4.69, 9.17) is 5.73 Å². The molecule has 126 valence electrons. The Hall–Kier alpha value is -3.74. The number of aromatic amines is 2. The Bertz CT molecular complexity index is 1390. The molecule has 26 heavy (non-hydrogen) atoms. The van der Waals surface area contributed by atoms with Crippen LogP contribution in [0.15, 0.2) is 53.6 Å². The van der Waals surface area contributed by atoms with Crippen LogP contribution in [0.4, 0.5) is 10.1 Å². The van der Waals surface area contributed by atoms with Gasteiger partial charge in [-0.25, -0.2) is 4.39 Å². The van der Waals surface area contributed by atoms with Crippen molar-refractivity contribution in [3.05, 3.63) is 65.0 Å². The lowest BCUT2D eigenvalue weighted by molar-refractivity contribution is 0.636. The molecule has 0 fully saturated rings. The maximum atomic E-state index is 14.0. The van der Waals surface area contributed by atoms with Gasteiger partial charge >= 0.3 is 0 Å². The molecule has 5 rings (SSSR count). The summed E-state index contributed by atoms with van der Waals surface area (Å²) in [6, 6.07) is 10.5. The standard InChI is InChI=1S/C19H12FN5O/c20-13-6-5-9(11-8-23-25-18(11)13)15-12-7-22-14-4-2-1-3-10(14)17(12)24-19(26)16(15)21/h1-8H,21H2,(H,23,25)(H,24,26). The van der Waals surface area contributed by atoms with Crippen molar-refractivity contribution in [3.8, 4) is 11.1 Å². The van der Waals surface area contributed by atoms with Gasteiger partial charge in [-0.2, -0.15) is 5.10 Å². The molecule has 4 N–H and O–H groups in total. The first-order valence-corrected chi connectivity index (χ1v) is 7.96. The topological polar surface area (TPSA) is 100 Å². The van der Waals surface area contributed by atoms with Gasteiger partial charge in [-0.1, -0.05) is 24.3 Å². The number of nitrogens with one attached hydrogen (secondary N) is 2. The highest BCUT2D eigenvalue weighted by Crippen LogP contribution is 2.37.